The lowest BCUT2D eigenvalue weighted by molar-refractivity contribution is -0.137. The molecule has 2 rings (SSSR count). The summed E-state index contributed by atoms with van der Waals surface area (Å²) in [5.41, 5.74) is 1.68. The molecule has 0 amide bonds. The van der Waals surface area contributed by atoms with Gasteiger partial charge in [0.05, 0.1) is 11.6 Å². The maximum Gasteiger partial charge on any atom is 0.416 e. The predicted molar refractivity (Wildman–Crippen MR) is 78.5 cm³/mol. The van der Waals surface area contributed by atoms with Gasteiger partial charge in [0.25, 0.3) is 0 Å². The van der Waals surface area contributed by atoms with Gasteiger partial charge >= 0.3 is 6.18 Å². The van der Waals surface area contributed by atoms with Gasteiger partial charge in [-0.15, -0.1) is 0 Å². The third-order valence-electron chi connectivity index (χ3n) is 3.35. The molecule has 2 aromatic rings. The minimum atomic E-state index is -4.34. The van der Waals surface area contributed by atoms with Gasteiger partial charge in [-0.05, 0) is 48.9 Å². The number of alkyl halides is 3. The summed E-state index contributed by atoms with van der Waals surface area (Å²) in [4.78, 5) is 0. The van der Waals surface area contributed by atoms with E-state index in [1.54, 1.807) is 19.2 Å². The Morgan fingerprint density at radius 2 is 1.71 bits per heavy atom. The van der Waals surface area contributed by atoms with Gasteiger partial charge in [0.1, 0.15) is 0 Å². The van der Waals surface area contributed by atoms with Crippen molar-refractivity contribution >= 4 is 11.6 Å². The number of aryl methyl sites for hydroxylation is 1. The van der Waals surface area contributed by atoms with Crippen LogP contribution in [-0.2, 0) is 6.18 Å². The summed E-state index contributed by atoms with van der Waals surface area (Å²) < 4.78 is 38.5. The molecule has 1 nitrogen and oxygen atoms in total. The molecule has 21 heavy (non-hydrogen) atoms. The van der Waals surface area contributed by atoms with Crippen LogP contribution in [-0.4, -0.2) is 7.05 Å². The van der Waals surface area contributed by atoms with Crippen LogP contribution in [0, 0.1) is 6.92 Å². The fourth-order valence-electron chi connectivity index (χ4n) is 2.27. The van der Waals surface area contributed by atoms with Gasteiger partial charge in [0, 0.05) is 5.02 Å². The molecular formula is C16H15ClF3N. The highest BCUT2D eigenvalue weighted by Gasteiger charge is 2.31. The lowest BCUT2D eigenvalue weighted by Gasteiger charge is -2.19. The van der Waals surface area contributed by atoms with Gasteiger partial charge in [-0.3, -0.25) is 0 Å². The number of hydrogen-bond donors (Lipinski definition) is 1. The summed E-state index contributed by atoms with van der Waals surface area (Å²) in [5, 5.41) is 3.69. The molecule has 0 saturated heterocycles. The first kappa shape index (κ1) is 15.9. The van der Waals surface area contributed by atoms with Crippen LogP contribution in [0.2, 0.25) is 5.02 Å². The van der Waals surface area contributed by atoms with Crippen LogP contribution in [0.3, 0.4) is 0 Å². The number of nitrogens with one attached hydrogen (secondary N) is 1. The molecule has 0 aliphatic heterocycles. The summed E-state index contributed by atoms with van der Waals surface area (Å²) in [6.07, 6.45) is -4.34. The molecular weight excluding hydrogens is 299 g/mol. The van der Waals surface area contributed by atoms with Crippen molar-refractivity contribution in [3.8, 4) is 0 Å². The smallest absolute Gasteiger partial charge is 0.309 e. The van der Waals surface area contributed by atoms with E-state index < -0.39 is 11.7 Å². The van der Waals surface area contributed by atoms with Gasteiger partial charge in [-0.1, -0.05) is 35.9 Å². The zero-order valence-electron chi connectivity index (χ0n) is 11.6. The van der Waals surface area contributed by atoms with Crippen molar-refractivity contribution in [2.45, 2.75) is 19.1 Å². The summed E-state index contributed by atoms with van der Waals surface area (Å²) in [6.45, 7) is 1.87. The van der Waals surface area contributed by atoms with Crippen LogP contribution >= 0.6 is 11.6 Å². The maximum absolute atomic E-state index is 12.8. The minimum absolute atomic E-state index is 0.316. The molecule has 0 aliphatic carbocycles. The molecule has 1 atom stereocenters. The first-order chi connectivity index (χ1) is 9.82. The molecule has 2 aromatic carbocycles. The first-order valence-electron chi connectivity index (χ1n) is 6.43. The second-order valence-electron chi connectivity index (χ2n) is 4.85. The average molecular weight is 314 g/mol. The molecule has 0 spiro atoms. The Hall–Kier alpha value is -1.52. The molecule has 0 saturated carbocycles. The molecule has 112 valence electrons. The van der Waals surface area contributed by atoms with Gasteiger partial charge in [-0.25, -0.2) is 0 Å². The van der Waals surface area contributed by atoms with Crippen molar-refractivity contribution in [3.63, 3.8) is 0 Å². The second-order valence-corrected chi connectivity index (χ2v) is 5.26. The quantitative estimate of drug-likeness (QED) is 0.843. The Bertz CT molecular complexity index is 638. The van der Waals surface area contributed by atoms with E-state index in [-0.39, 0.29) is 6.04 Å². The maximum atomic E-state index is 12.8. The topological polar surface area (TPSA) is 12.0 Å². The van der Waals surface area contributed by atoms with Crippen molar-refractivity contribution in [1.82, 2.24) is 5.32 Å². The van der Waals surface area contributed by atoms with E-state index in [1.807, 2.05) is 19.1 Å². The zero-order chi connectivity index (χ0) is 15.6. The summed E-state index contributed by atoms with van der Waals surface area (Å²) in [5.74, 6) is 0. The fraction of sp³-hybridized carbons (Fsp3) is 0.250. The molecule has 1 unspecified atom stereocenters. The van der Waals surface area contributed by atoms with E-state index in [9.17, 15) is 13.2 Å². The van der Waals surface area contributed by atoms with Crippen LogP contribution in [0.25, 0.3) is 0 Å². The normalized spacial score (nSPS) is 13.2. The van der Waals surface area contributed by atoms with Crippen molar-refractivity contribution < 1.29 is 13.2 Å². The van der Waals surface area contributed by atoms with Crippen molar-refractivity contribution in [2.75, 3.05) is 7.05 Å². The Kier molecular flexibility index (Phi) is 4.59. The molecule has 0 aliphatic rings. The molecule has 0 aromatic heterocycles. The second kappa shape index (κ2) is 6.08. The lowest BCUT2D eigenvalue weighted by Crippen LogP contribution is -2.18. The number of rotatable bonds is 3. The largest absolute Gasteiger partial charge is 0.416 e. The first-order valence-corrected chi connectivity index (χ1v) is 6.81. The van der Waals surface area contributed by atoms with E-state index in [2.05, 4.69) is 5.32 Å². The Morgan fingerprint density at radius 3 is 2.29 bits per heavy atom. The van der Waals surface area contributed by atoms with Crippen molar-refractivity contribution in [2.24, 2.45) is 0 Å². The van der Waals surface area contributed by atoms with Gasteiger partial charge < -0.3 is 5.32 Å². The van der Waals surface area contributed by atoms with E-state index in [1.165, 1.54) is 12.1 Å². The summed E-state index contributed by atoms with van der Waals surface area (Å²) in [7, 11) is 1.72. The number of hydrogen-bond acceptors (Lipinski definition) is 1. The van der Waals surface area contributed by atoms with Gasteiger partial charge in [0.15, 0.2) is 0 Å². The molecule has 0 fully saturated rings. The lowest BCUT2D eigenvalue weighted by atomic mass is 9.96. The van der Waals surface area contributed by atoms with Crippen LogP contribution in [0.4, 0.5) is 13.2 Å². The van der Waals surface area contributed by atoms with Crippen molar-refractivity contribution in [3.05, 3.63) is 69.7 Å². The van der Waals surface area contributed by atoms with Crippen LogP contribution in [0.15, 0.2) is 42.5 Å². The van der Waals surface area contributed by atoms with E-state index >= 15 is 0 Å². The van der Waals surface area contributed by atoms with Gasteiger partial charge in [0.2, 0.25) is 0 Å². The van der Waals surface area contributed by atoms with Crippen LogP contribution in [0.5, 0.6) is 0 Å². The van der Waals surface area contributed by atoms with E-state index in [0.29, 0.717) is 10.6 Å². The van der Waals surface area contributed by atoms with Crippen molar-refractivity contribution in [1.29, 1.82) is 0 Å². The molecule has 0 radical (unpaired) electrons. The monoisotopic (exact) mass is 313 g/mol. The highest BCUT2D eigenvalue weighted by Crippen LogP contribution is 2.32. The standard InChI is InChI=1S/C16H15ClF3N/c1-10-8-12(6-7-14(10)17)15(21-2)11-4-3-5-13(9-11)16(18,19)20/h3-9,15,21H,1-2H3. The predicted octanol–water partition coefficient (Wildman–Crippen LogP) is 4.98. The van der Waals surface area contributed by atoms with Gasteiger partial charge in [-0.2, -0.15) is 13.2 Å². The Balaban J connectivity index is 2.44. The SMILES string of the molecule is CNC(c1cccc(C(F)(F)F)c1)c1ccc(Cl)c(C)c1. The molecule has 1 N–H and O–H groups in total. The number of halogens is 4. The molecule has 0 heterocycles. The third-order valence-corrected chi connectivity index (χ3v) is 3.78. The minimum Gasteiger partial charge on any atom is -0.309 e. The average Bonchev–Trinajstić information content (AvgIpc) is 2.43. The van der Waals surface area contributed by atoms with Crippen LogP contribution in [0.1, 0.15) is 28.3 Å². The zero-order valence-corrected chi connectivity index (χ0v) is 12.4. The molecule has 5 heteroatoms. The number of benzene rings is 2. The Morgan fingerprint density at radius 1 is 1.05 bits per heavy atom. The van der Waals surface area contributed by atoms with E-state index in [4.69, 9.17) is 11.6 Å². The fourth-order valence-corrected chi connectivity index (χ4v) is 2.39. The molecule has 0 bridgehead atoms. The highest BCUT2D eigenvalue weighted by molar-refractivity contribution is 6.31. The Labute approximate surface area is 126 Å². The summed E-state index contributed by atoms with van der Waals surface area (Å²) in [6, 6.07) is 10.5. The van der Waals surface area contributed by atoms with Crippen LogP contribution < -0.4 is 5.32 Å². The summed E-state index contributed by atoms with van der Waals surface area (Å²) >= 11 is 5.99. The third kappa shape index (κ3) is 3.57. The van der Waals surface area contributed by atoms with E-state index in [0.717, 1.165) is 17.2 Å². The highest BCUT2D eigenvalue weighted by atomic mass is 35.5.